The highest BCUT2D eigenvalue weighted by atomic mass is 32.2. The number of carbonyl (C=O) groups is 1. The van der Waals surface area contributed by atoms with Crippen molar-refractivity contribution in [3.8, 4) is 0 Å². The number of rotatable bonds is 3. The molecular formula is C15H22F3N3O2S. The topological polar surface area (TPSA) is 65.5 Å². The third kappa shape index (κ3) is 6.56. The quantitative estimate of drug-likeness (QED) is 0.803. The lowest BCUT2D eigenvalue weighted by Crippen LogP contribution is -2.49. The van der Waals surface area contributed by atoms with Crippen LogP contribution in [0.5, 0.6) is 0 Å². The molecule has 0 radical (unpaired) electrons. The first kappa shape index (κ1) is 20.6. The first-order valence-corrected chi connectivity index (χ1v) is 8.52. The molecule has 1 aliphatic rings. The third-order valence-corrected chi connectivity index (χ3v) is 4.00. The van der Waals surface area contributed by atoms with Crippen LogP contribution >= 0.6 is 11.8 Å². The lowest BCUT2D eigenvalue weighted by molar-refractivity contribution is -0.140. The van der Waals surface area contributed by atoms with E-state index in [2.05, 4.69) is 17.2 Å². The molecule has 24 heavy (non-hydrogen) atoms. The molecule has 136 valence electrons. The van der Waals surface area contributed by atoms with E-state index in [9.17, 15) is 13.2 Å². The van der Waals surface area contributed by atoms with Gasteiger partial charge in [-0.05, 0) is 24.8 Å². The SMILES string of the molecule is CC(=O)O.CCSc1nc(N2CCNC(C)C2)ccc1C(F)(F)F. The Morgan fingerprint density at radius 2 is 2.12 bits per heavy atom. The molecular weight excluding hydrogens is 343 g/mol. The van der Waals surface area contributed by atoms with Crippen LogP contribution in [0.1, 0.15) is 26.3 Å². The normalized spacial score (nSPS) is 17.9. The smallest absolute Gasteiger partial charge is 0.419 e. The van der Waals surface area contributed by atoms with Gasteiger partial charge in [-0.3, -0.25) is 4.79 Å². The minimum atomic E-state index is -4.35. The van der Waals surface area contributed by atoms with Gasteiger partial charge in [-0.1, -0.05) is 6.92 Å². The Balaban J connectivity index is 0.000000648. The van der Waals surface area contributed by atoms with Crippen molar-refractivity contribution in [2.45, 2.75) is 38.0 Å². The molecule has 1 saturated heterocycles. The van der Waals surface area contributed by atoms with Crippen LogP contribution in [0.3, 0.4) is 0 Å². The number of carboxylic acid groups (broad SMARTS) is 1. The van der Waals surface area contributed by atoms with E-state index < -0.39 is 17.7 Å². The Kier molecular flexibility index (Phi) is 7.82. The van der Waals surface area contributed by atoms with Gasteiger partial charge in [0.1, 0.15) is 10.8 Å². The predicted octanol–water partition coefficient (Wildman–Crippen LogP) is 3.10. The van der Waals surface area contributed by atoms with Crippen LogP contribution in [-0.4, -0.2) is 47.5 Å². The number of aromatic nitrogens is 1. The molecule has 9 heteroatoms. The summed E-state index contributed by atoms with van der Waals surface area (Å²) in [6.07, 6.45) is -4.35. The van der Waals surface area contributed by atoms with Gasteiger partial charge in [-0.2, -0.15) is 13.2 Å². The minimum Gasteiger partial charge on any atom is -0.481 e. The van der Waals surface area contributed by atoms with E-state index >= 15 is 0 Å². The van der Waals surface area contributed by atoms with Gasteiger partial charge < -0.3 is 15.3 Å². The Morgan fingerprint density at radius 1 is 1.50 bits per heavy atom. The number of thioether (sulfide) groups is 1. The highest BCUT2D eigenvalue weighted by Crippen LogP contribution is 2.36. The molecule has 0 spiro atoms. The van der Waals surface area contributed by atoms with Crippen molar-refractivity contribution in [3.05, 3.63) is 17.7 Å². The fourth-order valence-corrected chi connectivity index (χ4v) is 2.98. The molecule has 1 aromatic rings. The average molecular weight is 365 g/mol. The van der Waals surface area contributed by atoms with Crippen molar-refractivity contribution in [2.75, 3.05) is 30.3 Å². The highest BCUT2D eigenvalue weighted by molar-refractivity contribution is 7.99. The van der Waals surface area contributed by atoms with Gasteiger partial charge in [0.25, 0.3) is 5.97 Å². The van der Waals surface area contributed by atoms with Gasteiger partial charge in [0, 0.05) is 32.6 Å². The van der Waals surface area contributed by atoms with Crippen LogP contribution in [0.4, 0.5) is 19.0 Å². The van der Waals surface area contributed by atoms with E-state index in [1.807, 2.05) is 11.8 Å². The third-order valence-electron chi connectivity index (χ3n) is 3.12. The maximum atomic E-state index is 12.9. The van der Waals surface area contributed by atoms with Crippen molar-refractivity contribution in [1.82, 2.24) is 10.3 Å². The summed E-state index contributed by atoms with van der Waals surface area (Å²) >= 11 is 1.13. The fourth-order valence-electron chi connectivity index (χ4n) is 2.21. The van der Waals surface area contributed by atoms with Crippen molar-refractivity contribution < 1.29 is 23.1 Å². The fraction of sp³-hybridized carbons (Fsp3) is 0.600. The van der Waals surface area contributed by atoms with Crippen LogP contribution in [0.2, 0.25) is 0 Å². The molecule has 2 heterocycles. The number of halogens is 3. The van der Waals surface area contributed by atoms with Crippen LogP contribution in [0.15, 0.2) is 17.2 Å². The zero-order valence-corrected chi connectivity index (χ0v) is 14.7. The Bertz CT molecular complexity index is 551. The molecule has 1 unspecified atom stereocenters. The van der Waals surface area contributed by atoms with Crippen molar-refractivity contribution in [1.29, 1.82) is 0 Å². The van der Waals surface area contributed by atoms with Gasteiger partial charge in [0.15, 0.2) is 0 Å². The number of alkyl halides is 3. The van der Waals surface area contributed by atoms with E-state index in [-0.39, 0.29) is 5.03 Å². The molecule has 1 atom stereocenters. The lowest BCUT2D eigenvalue weighted by Gasteiger charge is -2.33. The molecule has 5 nitrogen and oxygen atoms in total. The van der Waals surface area contributed by atoms with E-state index in [1.165, 1.54) is 6.07 Å². The van der Waals surface area contributed by atoms with Crippen LogP contribution in [0.25, 0.3) is 0 Å². The summed E-state index contributed by atoms with van der Waals surface area (Å²) < 4.78 is 38.8. The largest absolute Gasteiger partial charge is 0.481 e. The number of hydrogen-bond acceptors (Lipinski definition) is 5. The number of anilines is 1. The lowest BCUT2D eigenvalue weighted by atomic mass is 10.2. The summed E-state index contributed by atoms with van der Waals surface area (Å²) in [6.45, 7) is 7.30. The van der Waals surface area contributed by atoms with E-state index in [0.717, 1.165) is 44.4 Å². The second kappa shape index (κ2) is 9.12. The van der Waals surface area contributed by atoms with Crippen LogP contribution in [0, 0.1) is 0 Å². The molecule has 0 amide bonds. The number of nitrogens with zero attached hydrogens (tertiary/aromatic N) is 2. The van der Waals surface area contributed by atoms with Crippen LogP contribution in [-0.2, 0) is 11.0 Å². The molecule has 1 aromatic heterocycles. The standard InChI is InChI=1S/C13H18F3N3S.C2H4O2/c1-3-20-12-10(13(14,15)16)4-5-11(18-12)19-7-6-17-9(2)8-19;1-2(3)4/h4-5,9,17H,3,6-8H2,1-2H3;1H3,(H,3,4). The molecule has 0 saturated carbocycles. The molecule has 0 aliphatic carbocycles. The Hall–Kier alpha value is -1.48. The van der Waals surface area contributed by atoms with E-state index in [0.29, 0.717) is 17.6 Å². The minimum absolute atomic E-state index is 0.0729. The first-order valence-electron chi connectivity index (χ1n) is 7.54. The number of aliphatic carboxylic acids is 1. The summed E-state index contributed by atoms with van der Waals surface area (Å²) in [5, 5.41) is 10.8. The van der Waals surface area contributed by atoms with Crippen molar-refractivity contribution in [2.24, 2.45) is 0 Å². The molecule has 1 fully saturated rings. The second-order valence-corrected chi connectivity index (χ2v) is 6.53. The number of hydrogen-bond donors (Lipinski definition) is 2. The maximum absolute atomic E-state index is 12.9. The maximum Gasteiger partial charge on any atom is 0.419 e. The highest BCUT2D eigenvalue weighted by Gasteiger charge is 2.34. The molecule has 1 aliphatic heterocycles. The Labute approximate surface area is 143 Å². The van der Waals surface area contributed by atoms with Crippen LogP contribution < -0.4 is 10.2 Å². The molecule has 2 rings (SSSR count). The van der Waals surface area contributed by atoms with Crippen molar-refractivity contribution >= 4 is 23.5 Å². The number of carboxylic acids is 1. The second-order valence-electron chi connectivity index (χ2n) is 5.27. The molecule has 0 aromatic carbocycles. The zero-order valence-electron chi connectivity index (χ0n) is 13.9. The van der Waals surface area contributed by atoms with Gasteiger partial charge in [0.2, 0.25) is 0 Å². The monoisotopic (exact) mass is 365 g/mol. The number of piperazine rings is 1. The summed E-state index contributed by atoms with van der Waals surface area (Å²) in [5.74, 6) is 0.361. The zero-order chi connectivity index (χ0) is 18.3. The van der Waals surface area contributed by atoms with E-state index in [1.54, 1.807) is 0 Å². The summed E-state index contributed by atoms with van der Waals surface area (Å²) in [5.41, 5.74) is -0.642. The van der Waals surface area contributed by atoms with Gasteiger partial charge >= 0.3 is 6.18 Å². The van der Waals surface area contributed by atoms with Crippen molar-refractivity contribution in [3.63, 3.8) is 0 Å². The average Bonchev–Trinajstić information content (AvgIpc) is 2.46. The summed E-state index contributed by atoms with van der Waals surface area (Å²) in [4.78, 5) is 15.3. The van der Waals surface area contributed by atoms with Gasteiger partial charge in [0.05, 0.1) is 5.56 Å². The van der Waals surface area contributed by atoms with E-state index in [4.69, 9.17) is 9.90 Å². The Morgan fingerprint density at radius 3 is 2.62 bits per heavy atom. The van der Waals surface area contributed by atoms with Gasteiger partial charge in [-0.25, -0.2) is 4.98 Å². The molecule has 2 N–H and O–H groups in total. The predicted molar refractivity (Wildman–Crippen MR) is 88.6 cm³/mol. The summed E-state index contributed by atoms with van der Waals surface area (Å²) in [7, 11) is 0. The van der Waals surface area contributed by atoms with Gasteiger partial charge in [-0.15, -0.1) is 11.8 Å². The number of pyridine rings is 1. The number of nitrogens with one attached hydrogen (secondary N) is 1. The first-order chi connectivity index (χ1) is 11.1. The molecule has 0 bridgehead atoms. The summed E-state index contributed by atoms with van der Waals surface area (Å²) in [6, 6.07) is 2.93.